The van der Waals surface area contributed by atoms with Crippen molar-refractivity contribution >= 4 is 45.5 Å². The zero-order chi connectivity index (χ0) is 48.6. The Balaban J connectivity index is 1.03. The van der Waals surface area contributed by atoms with Crippen molar-refractivity contribution in [2.45, 2.75) is 40.8 Å². The Bertz CT molecular complexity index is 2870. The van der Waals surface area contributed by atoms with E-state index >= 15 is 10.4 Å². The molecule has 10 rings (SSSR count). The number of hydrogen-bond donors (Lipinski definition) is 0. The van der Waals surface area contributed by atoms with Gasteiger partial charge in [-0.1, -0.05) is 95.1 Å². The van der Waals surface area contributed by atoms with Crippen LogP contribution in [0.25, 0.3) is 11.4 Å². The second-order valence-electron chi connectivity index (χ2n) is 18.9. The van der Waals surface area contributed by atoms with Crippen LogP contribution in [0.5, 0.6) is 11.5 Å². The van der Waals surface area contributed by atoms with E-state index in [2.05, 4.69) is 183 Å². The minimum absolute atomic E-state index is 0.113. The Morgan fingerprint density at radius 3 is 0.843 bits per heavy atom. The Hall–Kier alpha value is -7.72. The highest BCUT2D eigenvalue weighted by Crippen LogP contribution is 2.53. The lowest BCUT2D eigenvalue weighted by molar-refractivity contribution is -0.824. The average Bonchev–Trinajstić information content (AvgIpc) is 3.80. The van der Waals surface area contributed by atoms with Gasteiger partial charge in [-0.3, -0.25) is 0 Å². The Morgan fingerprint density at radius 2 is 0.600 bits per heavy atom. The van der Waals surface area contributed by atoms with Crippen LogP contribution in [0, 0.1) is 38.1 Å². The van der Waals surface area contributed by atoms with Crippen LogP contribution in [-0.4, -0.2) is 36.6 Å². The van der Waals surface area contributed by atoms with Gasteiger partial charge in [-0.2, -0.15) is 0 Å². The second kappa shape index (κ2) is 19.0. The molecule has 2 atom stereocenters. The first-order valence-corrected chi connectivity index (χ1v) is 23.9. The zero-order valence-corrected chi connectivity index (χ0v) is 40.7. The third kappa shape index (κ3) is 9.13. The van der Waals surface area contributed by atoms with Gasteiger partial charge in [-0.25, -0.2) is 0 Å². The molecular formula is C62H58N4O4. The minimum atomic E-state index is -0.641. The summed E-state index contributed by atoms with van der Waals surface area (Å²) in [7, 11) is 3.28. The van der Waals surface area contributed by atoms with E-state index in [4.69, 9.17) is 9.47 Å². The van der Waals surface area contributed by atoms with E-state index in [0.29, 0.717) is 22.9 Å². The first-order chi connectivity index (χ1) is 33.9. The Labute approximate surface area is 412 Å². The molecule has 2 heterocycles. The van der Waals surface area contributed by atoms with Crippen molar-refractivity contribution < 1.29 is 18.8 Å². The number of hydroxylamine groups is 6. The van der Waals surface area contributed by atoms with Gasteiger partial charge in [0.1, 0.15) is 49.1 Å². The van der Waals surface area contributed by atoms with Gasteiger partial charge in [0.15, 0.2) is 0 Å². The summed E-state index contributed by atoms with van der Waals surface area (Å²) in [6.45, 7) is 8.96. The topological polar surface area (TPSA) is 71.1 Å². The number of benzene rings is 8. The van der Waals surface area contributed by atoms with Gasteiger partial charge >= 0.3 is 0 Å². The van der Waals surface area contributed by atoms with Crippen LogP contribution in [-0.2, 0) is 13.1 Å². The maximum Gasteiger partial charge on any atom is 0.150 e. The minimum Gasteiger partial charge on any atom is -0.627 e. The molecule has 8 aromatic rings. The number of aryl methyl sites for hydroxylation is 4. The third-order valence-electron chi connectivity index (χ3n) is 13.7. The normalized spacial score (nSPS) is 17.4. The molecule has 0 aliphatic carbocycles. The summed E-state index contributed by atoms with van der Waals surface area (Å²) in [4.78, 5) is 4.48. The molecule has 0 saturated carbocycles. The van der Waals surface area contributed by atoms with E-state index in [0.717, 1.165) is 67.5 Å². The molecule has 0 radical (unpaired) electrons. The van der Waals surface area contributed by atoms with Crippen LogP contribution in [0.1, 0.15) is 44.5 Å². The standard InChI is InChI=1S/C62H58N4O4/c1-43-7-23-51(24-8-43)63(52-25-9-44(2)10-26-52)55-31-15-47(16-32-55)39-65(67)41-59-60(61(65)49-19-35-57(69-5)36-20-49)42-66(68,62(59)50-21-37-58(70-6)38-22-50)40-48-17-33-56(34-18-48)64(53-27-11-45(3)12-28-53)54-29-13-46(4)14-30-54/h7-38H,39-42H2,1-6H3. The second-order valence-corrected chi connectivity index (χ2v) is 18.9. The number of anilines is 6. The number of rotatable bonds is 14. The lowest BCUT2D eigenvalue weighted by Gasteiger charge is -2.44. The molecule has 8 aromatic carbocycles. The largest absolute Gasteiger partial charge is 0.627 e. The van der Waals surface area contributed by atoms with E-state index in [1.54, 1.807) is 14.2 Å². The molecule has 0 spiro atoms. The van der Waals surface area contributed by atoms with Gasteiger partial charge < -0.3 is 39.0 Å². The number of methoxy groups -OCH3 is 2. The Morgan fingerprint density at radius 1 is 0.357 bits per heavy atom. The summed E-state index contributed by atoms with van der Waals surface area (Å²) >= 11 is 0. The van der Waals surface area contributed by atoms with Crippen molar-refractivity contribution in [3.8, 4) is 11.5 Å². The maximum atomic E-state index is 16.0. The van der Waals surface area contributed by atoms with E-state index in [9.17, 15) is 0 Å². The first kappa shape index (κ1) is 46.0. The SMILES string of the molecule is COc1ccc(C2=C3C[N+]([O-])(Cc4ccc(N(c5ccc(C)cc5)c5ccc(C)cc5)cc4)C(c4ccc(OC)cc4)=C3C[N+]2([O-])Cc2ccc(N(c3ccc(C)cc3)c3ccc(C)cc3)cc2)cc1. The number of fused-ring (bicyclic) bond motifs is 1. The molecule has 0 fully saturated rings. The molecule has 0 aromatic heterocycles. The fraction of sp³-hybridized carbons (Fsp3) is 0.161. The first-order valence-electron chi connectivity index (χ1n) is 23.9. The molecule has 70 heavy (non-hydrogen) atoms. The fourth-order valence-corrected chi connectivity index (χ4v) is 10.1. The van der Waals surface area contributed by atoms with E-state index in [1.807, 2.05) is 48.5 Å². The molecule has 2 unspecified atom stereocenters. The molecule has 2 aliphatic heterocycles. The fourth-order valence-electron chi connectivity index (χ4n) is 10.1. The van der Waals surface area contributed by atoms with Crippen LogP contribution in [0.2, 0.25) is 0 Å². The van der Waals surface area contributed by atoms with Crippen molar-refractivity contribution in [3.63, 3.8) is 0 Å². The maximum absolute atomic E-state index is 16.0. The zero-order valence-electron chi connectivity index (χ0n) is 40.7. The van der Waals surface area contributed by atoms with Crippen molar-refractivity contribution in [2.75, 3.05) is 37.1 Å². The van der Waals surface area contributed by atoms with Gasteiger partial charge in [-0.05, 0) is 149 Å². The molecule has 8 heteroatoms. The van der Waals surface area contributed by atoms with Gasteiger partial charge in [-0.15, -0.1) is 0 Å². The molecule has 0 amide bonds. The molecule has 8 nitrogen and oxygen atoms in total. The quantitative estimate of drug-likeness (QED) is 0.0799. The molecule has 2 aliphatic rings. The Kier molecular flexibility index (Phi) is 12.5. The van der Waals surface area contributed by atoms with E-state index < -0.39 is 9.29 Å². The van der Waals surface area contributed by atoms with Gasteiger partial charge in [0.2, 0.25) is 0 Å². The van der Waals surface area contributed by atoms with E-state index in [-0.39, 0.29) is 26.2 Å². The van der Waals surface area contributed by atoms with E-state index in [1.165, 1.54) is 22.3 Å². The molecule has 350 valence electrons. The van der Waals surface area contributed by atoms with Crippen molar-refractivity contribution in [3.05, 3.63) is 260 Å². The van der Waals surface area contributed by atoms with Crippen molar-refractivity contribution in [1.29, 1.82) is 0 Å². The average molecular weight is 923 g/mol. The van der Waals surface area contributed by atoms with Gasteiger partial charge in [0, 0.05) is 56.4 Å². The smallest absolute Gasteiger partial charge is 0.150 e. The van der Waals surface area contributed by atoms with Crippen LogP contribution in [0.4, 0.5) is 34.1 Å². The van der Waals surface area contributed by atoms with Crippen molar-refractivity contribution in [2.24, 2.45) is 0 Å². The highest BCUT2D eigenvalue weighted by atomic mass is 16.6. The molecule has 0 bridgehead atoms. The van der Waals surface area contributed by atoms with Crippen LogP contribution in [0.3, 0.4) is 0 Å². The summed E-state index contributed by atoms with van der Waals surface area (Å²) in [5, 5.41) is 32.0. The lowest BCUT2D eigenvalue weighted by atomic mass is 10.0. The number of ether oxygens (including phenoxy) is 2. The predicted octanol–water partition coefficient (Wildman–Crippen LogP) is 15.1. The summed E-state index contributed by atoms with van der Waals surface area (Å²) < 4.78 is 9.86. The molecular weight excluding hydrogens is 865 g/mol. The molecule has 0 N–H and O–H groups in total. The highest BCUT2D eigenvalue weighted by Gasteiger charge is 2.50. The summed E-state index contributed by atoms with van der Waals surface area (Å²) in [6.07, 6.45) is 0. The van der Waals surface area contributed by atoms with Gasteiger partial charge in [0.05, 0.1) is 25.4 Å². The van der Waals surface area contributed by atoms with Crippen LogP contribution >= 0.6 is 0 Å². The summed E-state index contributed by atoms with van der Waals surface area (Å²) in [5.74, 6) is 1.39. The van der Waals surface area contributed by atoms with Gasteiger partial charge in [0.25, 0.3) is 0 Å². The van der Waals surface area contributed by atoms with Crippen LogP contribution < -0.4 is 19.3 Å². The monoisotopic (exact) mass is 922 g/mol. The number of nitrogens with zero attached hydrogens (tertiary/aromatic N) is 4. The third-order valence-corrected chi connectivity index (χ3v) is 13.7. The predicted molar refractivity (Wildman–Crippen MR) is 285 cm³/mol. The molecule has 0 saturated heterocycles. The van der Waals surface area contributed by atoms with Crippen LogP contribution in [0.15, 0.2) is 205 Å². The summed E-state index contributed by atoms with van der Waals surface area (Å²) in [6, 6.07) is 66.2. The van der Waals surface area contributed by atoms with Crippen molar-refractivity contribution in [1.82, 2.24) is 0 Å². The number of quaternary nitrogens is 2. The lowest BCUT2D eigenvalue weighted by Crippen LogP contribution is -2.41. The highest BCUT2D eigenvalue weighted by molar-refractivity contribution is 5.82. The summed E-state index contributed by atoms with van der Waals surface area (Å²) in [5.41, 5.74) is 17.2. The number of hydrogen-bond acceptors (Lipinski definition) is 6.